The highest BCUT2D eigenvalue weighted by Gasteiger charge is 2.33. The molecule has 1 fully saturated rings. The smallest absolute Gasteiger partial charge is 0.214 e. The maximum absolute atomic E-state index is 11.5. The molecular weight excluding hydrogens is 202 g/mol. The minimum absolute atomic E-state index is 0.210. The van der Waals surface area contributed by atoms with Crippen molar-refractivity contribution in [1.82, 2.24) is 4.31 Å². The van der Waals surface area contributed by atoms with Crippen LogP contribution < -0.4 is 0 Å². The van der Waals surface area contributed by atoms with Crippen molar-refractivity contribution < 1.29 is 13.5 Å². The monoisotopic (exact) mass is 221 g/mol. The van der Waals surface area contributed by atoms with E-state index in [0.29, 0.717) is 19.5 Å². The number of aliphatic hydroxyl groups is 1. The molecule has 14 heavy (non-hydrogen) atoms. The Morgan fingerprint density at radius 3 is 2.43 bits per heavy atom. The van der Waals surface area contributed by atoms with Gasteiger partial charge in [-0.2, -0.15) is 0 Å². The van der Waals surface area contributed by atoms with E-state index in [2.05, 4.69) is 0 Å². The maximum atomic E-state index is 11.5. The van der Waals surface area contributed by atoms with Crippen LogP contribution in [0.1, 0.15) is 27.2 Å². The van der Waals surface area contributed by atoms with E-state index in [9.17, 15) is 13.5 Å². The lowest BCUT2D eigenvalue weighted by atomic mass is 10.1. The fourth-order valence-corrected chi connectivity index (χ4v) is 3.49. The van der Waals surface area contributed by atoms with Crippen LogP contribution in [0, 0.1) is 5.92 Å². The molecule has 1 saturated heterocycles. The van der Waals surface area contributed by atoms with Crippen LogP contribution in [0.5, 0.6) is 0 Å². The molecule has 5 heteroatoms. The largest absolute Gasteiger partial charge is 0.390 e. The van der Waals surface area contributed by atoms with E-state index in [0.717, 1.165) is 0 Å². The summed E-state index contributed by atoms with van der Waals surface area (Å²) in [6.07, 6.45) is 0.485. The predicted octanol–water partition coefficient (Wildman–Crippen LogP) is 0.429. The standard InChI is InChI=1S/C9H19NO3S/c1-8-6-10(14(12,13)7-8)5-4-9(2,3)11/h8,11H,4-7H2,1-3H3. The van der Waals surface area contributed by atoms with Crippen molar-refractivity contribution in [2.75, 3.05) is 18.8 Å². The second kappa shape index (κ2) is 3.79. The molecule has 0 amide bonds. The molecule has 1 unspecified atom stereocenters. The number of rotatable bonds is 3. The second-order valence-electron chi connectivity index (χ2n) is 4.80. The first-order valence-corrected chi connectivity index (χ1v) is 6.52. The molecule has 0 radical (unpaired) electrons. The molecule has 1 heterocycles. The number of sulfonamides is 1. The van der Waals surface area contributed by atoms with Gasteiger partial charge in [0.1, 0.15) is 0 Å². The molecule has 1 aliphatic heterocycles. The van der Waals surface area contributed by atoms with Crippen LogP contribution in [0.2, 0.25) is 0 Å². The number of nitrogens with zero attached hydrogens (tertiary/aromatic N) is 1. The van der Waals surface area contributed by atoms with Crippen LogP contribution in [0.15, 0.2) is 0 Å². The van der Waals surface area contributed by atoms with Crippen molar-refractivity contribution in [2.45, 2.75) is 32.8 Å². The Morgan fingerprint density at radius 2 is 2.07 bits per heavy atom. The summed E-state index contributed by atoms with van der Waals surface area (Å²) < 4.78 is 24.5. The van der Waals surface area contributed by atoms with Crippen molar-refractivity contribution in [3.8, 4) is 0 Å². The van der Waals surface area contributed by atoms with E-state index < -0.39 is 15.6 Å². The highest BCUT2D eigenvalue weighted by molar-refractivity contribution is 7.89. The van der Waals surface area contributed by atoms with Crippen molar-refractivity contribution >= 4 is 10.0 Å². The molecule has 0 aromatic rings. The van der Waals surface area contributed by atoms with Crippen LogP contribution in [-0.4, -0.2) is 42.3 Å². The van der Waals surface area contributed by atoms with Crippen LogP contribution in [0.4, 0.5) is 0 Å². The van der Waals surface area contributed by atoms with Crippen molar-refractivity contribution in [3.63, 3.8) is 0 Å². The van der Waals surface area contributed by atoms with Gasteiger partial charge in [-0.05, 0) is 26.2 Å². The minimum Gasteiger partial charge on any atom is -0.390 e. The average molecular weight is 221 g/mol. The van der Waals surface area contributed by atoms with E-state index in [1.165, 1.54) is 4.31 Å². The Labute approximate surface area is 86.0 Å². The molecule has 1 rings (SSSR count). The fourth-order valence-electron chi connectivity index (χ4n) is 1.61. The lowest BCUT2D eigenvalue weighted by Crippen LogP contribution is -2.32. The van der Waals surface area contributed by atoms with Gasteiger partial charge in [-0.3, -0.25) is 0 Å². The SMILES string of the molecule is CC1CN(CCC(C)(C)O)S(=O)(=O)C1. The molecule has 0 spiro atoms. The zero-order valence-electron chi connectivity index (χ0n) is 9.02. The Morgan fingerprint density at radius 1 is 1.50 bits per heavy atom. The van der Waals surface area contributed by atoms with Gasteiger partial charge in [0.2, 0.25) is 10.0 Å². The third-order valence-corrected chi connectivity index (χ3v) is 4.49. The van der Waals surface area contributed by atoms with E-state index in [-0.39, 0.29) is 11.7 Å². The number of hydrogen-bond acceptors (Lipinski definition) is 3. The Balaban J connectivity index is 2.54. The maximum Gasteiger partial charge on any atom is 0.214 e. The Kier molecular flexibility index (Phi) is 3.23. The highest BCUT2D eigenvalue weighted by atomic mass is 32.2. The van der Waals surface area contributed by atoms with Crippen molar-refractivity contribution in [1.29, 1.82) is 0 Å². The van der Waals surface area contributed by atoms with Crippen molar-refractivity contribution in [2.24, 2.45) is 5.92 Å². The average Bonchev–Trinajstić information content (AvgIpc) is 2.18. The first kappa shape index (κ1) is 11.9. The summed E-state index contributed by atoms with van der Waals surface area (Å²) in [5.41, 5.74) is -0.790. The molecule has 1 aliphatic rings. The summed E-state index contributed by atoms with van der Waals surface area (Å²) in [6, 6.07) is 0. The molecule has 84 valence electrons. The van der Waals surface area contributed by atoms with Gasteiger partial charge in [0.05, 0.1) is 11.4 Å². The normalized spacial score (nSPS) is 28.1. The Bertz CT molecular complexity index is 292. The van der Waals surface area contributed by atoms with Gasteiger partial charge in [-0.15, -0.1) is 0 Å². The van der Waals surface area contributed by atoms with Crippen LogP contribution >= 0.6 is 0 Å². The molecule has 0 aromatic heterocycles. The van der Waals surface area contributed by atoms with Gasteiger partial charge in [0.25, 0.3) is 0 Å². The third-order valence-electron chi connectivity index (χ3n) is 2.38. The summed E-state index contributed by atoms with van der Waals surface area (Å²) in [6.45, 7) is 6.34. The molecule has 4 nitrogen and oxygen atoms in total. The molecular formula is C9H19NO3S. The quantitative estimate of drug-likeness (QED) is 0.752. The topological polar surface area (TPSA) is 57.6 Å². The lowest BCUT2D eigenvalue weighted by molar-refractivity contribution is 0.0657. The summed E-state index contributed by atoms with van der Waals surface area (Å²) in [7, 11) is -3.04. The van der Waals surface area contributed by atoms with E-state index in [1.807, 2.05) is 6.92 Å². The van der Waals surface area contributed by atoms with Gasteiger partial charge < -0.3 is 5.11 Å². The first-order chi connectivity index (χ1) is 6.21. The second-order valence-corrected chi connectivity index (χ2v) is 6.82. The zero-order chi connectivity index (χ0) is 11.0. The van der Waals surface area contributed by atoms with E-state index in [1.54, 1.807) is 13.8 Å². The molecule has 0 saturated carbocycles. The zero-order valence-corrected chi connectivity index (χ0v) is 9.84. The van der Waals surface area contributed by atoms with Crippen LogP contribution in [-0.2, 0) is 10.0 Å². The summed E-state index contributed by atoms with van der Waals surface area (Å²) in [5, 5.41) is 9.49. The van der Waals surface area contributed by atoms with Gasteiger partial charge in [0, 0.05) is 13.1 Å². The third kappa shape index (κ3) is 3.22. The summed E-state index contributed by atoms with van der Waals surface area (Å²) >= 11 is 0. The molecule has 0 aliphatic carbocycles. The van der Waals surface area contributed by atoms with Crippen LogP contribution in [0.3, 0.4) is 0 Å². The lowest BCUT2D eigenvalue weighted by Gasteiger charge is -2.21. The minimum atomic E-state index is -3.04. The highest BCUT2D eigenvalue weighted by Crippen LogP contribution is 2.20. The van der Waals surface area contributed by atoms with Gasteiger partial charge in [0.15, 0.2) is 0 Å². The molecule has 0 bridgehead atoms. The Hall–Kier alpha value is -0.130. The van der Waals surface area contributed by atoms with Gasteiger partial charge in [-0.25, -0.2) is 12.7 Å². The first-order valence-electron chi connectivity index (χ1n) is 4.91. The molecule has 1 atom stereocenters. The predicted molar refractivity (Wildman–Crippen MR) is 55.4 cm³/mol. The summed E-state index contributed by atoms with van der Waals surface area (Å²) in [5.74, 6) is 0.459. The van der Waals surface area contributed by atoms with E-state index in [4.69, 9.17) is 0 Å². The van der Waals surface area contributed by atoms with Crippen molar-refractivity contribution in [3.05, 3.63) is 0 Å². The molecule has 1 N–H and O–H groups in total. The van der Waals surface area contributed by atoms with Gasteiger partial charge in [-0.1, -0.05) is 6.92 Å². The number of hydrogen-bond donors (Lipinski definition) is 1. The molecule has 0 aromatic carbocycles. The summed E-state index contributed by atoms with van der Waals surface area (Å²) in [4.78, 5) is 0. The van der Waals surface area contributed by atoms with Crippen LogP contribution in [0.25, 0.3) is 0 Å². The van der Waals surface area contributed by atoms with E-state index >= 15 is 0 Å². The van der Waals surface area contributed by atoms with Gasteiger partial charge >= 0.3 is 0 Å². The fraction of sp³-hybridized carbons (Fsp3) is 1.00.